The van der Waals surface area contributed by atoms with Crippen molar-refractivity contribution in [3.8, 4) is 0 Å². The molecule has 2 aromatic heterocycles. The topological polar surface area (TPSA) is 75.6 Å². The lowest BCUT2D eigenvalue weighted by Gasteiger charge is -2.17. The number of aryl methyl sites for hydroxylation is 2. The zero-order valence-corrected chi connectivity index (χ0v) is 16.0. The van der Waals surface area contributed by atoms with Crippen molar-refractivity contribution in [2.75, 3.05) is 10.6 Å². The second kappa shape index (κ2) is 7.86. The van der Waals surface area contributed by atoms with E-state index < -0.39 is 0 Å². The maximum atomic E-state index is 4.76. The Kier molecular flexibility index (Phi) is 5.14. The van der Waals surface area contributed by atoms with Crippen molar-refractivity contribution in [2.24, 2.45) is 0 Å². The lowest BCUT2D eigenvalue weighted by atomic mass is 10.1. The highest BCUT2D eigenvalue weighted by Crippen LogP contribution is 2.26. The zero-order chi connectivity index (χ0) is 18.6. The minimum atomic E-state index is 0.426. The van der Waals surface area contributed by atoms with Crippen molar-refractivity contribution < 1.29 is 0 Å². The molecule has 4 rings (SSSR count). The van der Waals surface area contributed by atoms with Gasteiger partial charge in [0.1, 0.15) is 0 Å². The van der Waals surface area contributed by atoms with Gasteiger partial charge in [0, 0.05) is 24.1 Å². The van der Waals surface area contributed by atoms with E-state index in [2.05, 4.69) is 57.6 Å². The molecule has 0 radical (unpaired) electrons. The van der Waals surface area contributed by atoms with Crippen LogP contribution in [0.5, 0.6) is 0 Å². The molecule has 0 unspecified atom stereocenters. The number of fused-ring (bicyclic) bond motifs is 1. The van der Waals surface area contributed by atoms with Gasteiger partial charge in [-0.3, -0.25) is 0 Å². The van der Waals surface area contributed by atoms with E-state index in [0.717, 1.165) is 11.3 Å². The molecule has 0 atom stereocenters. The standard InChI is InChI=1S/C21H26N6/c1-14-9-10-15(2)17(13-14)25-20-18-19(23-12-11-22-18)26-21(27-20)24-16-7-5-3-4-6-8-16/h9-13,16H,3-8H2,1-2H3,(H2,23,24,25,26,27). The molecule has 3 aromatic rings. The molecule has 140 valence electrons. The zero-order valence-electron chi connectivity index (χ0n) is 16.0. The Balaban J connectivity index is 1.68. The van der Waals surface area contributed by atoms with Crippen LogP contribution in [0.25, 0.3) is 11.2 Å². The third-order valence-electron chi connectivity index (χ3n) is 5.17. The molecular weight excluding hydrogens is 336 g/mol. The lowest BCUT2D eigenvalue weighted by Crippen LogP contribution is -2.20. The molecule has 1 aromatic carbocycles. The minimum absolute atomic E-state index is 0.426. The molecule has 1 fully saturated rings. The maximum absolute atomic E-state index is 4.76. The summed E-state index contributed by atoms with van der Waals surface area (Å²) in [5.41, 5.74) is 4.68. The normalized spacial score (nSPS) is 15.5. The van der Waals surface area contributed by atoms with Crippen LogP contribution in [0.3, 0.4) is 0 Å². The van der Waals surface area contributed by atoms with Crippen LogP contribution in [0.1, 0.15) is 49.7 Å². The third kappa shape index (κ3) is 4.15. The second-order valence-corrected chi connectivity index (χ2v) is 7.40. The highest BCUT2D eigenvalue weighted by atomic mass is 15.2. The Morgan fingerprint density at radius 2 is 1.70 bits per heavy atom. The van der Waals surface area contributed by atoms with E-state index in [1.54, 1.807) is 12.4 Å². The molecule has 0 bridgehead atoms. The molecule has 27 heavy (non-hydrogen) atoms. The van der Waals surface area contributed by atoms with Gasteiger partial charge < -0.3 is 10.6 Å². The molecule has 0 amide bonds. The van der Waals surface area contributed by atoms with Crippen LogP contribution in [0.15, 0.2) is 30.6 Å². The van der Waals surface area contributed by atoms with E-state index in [1.807, 2.05) is 0 Å². The number of hydrogen-bond donors (Lipinski definition) is 2. The van der Waals surface area contributed by atoms with Crippen molar-refractivity contribution in [1.29, 1.82) is 0 Å². The molecule has 6 nitrogen and oxygen atoms in total. The van der Waals surface area contributed by atoms with Crippen LogP contribution in [0.2, 0.25) is 0 Å². The summed E-state index contributed by atoms with van der Waals surface area (Å²) in [6.07, 6.45) is 10.9. The molecule has 2 heterocycles. The predicted octanol–water partition coefficient (Wildman–Crippen LogP) is 4.91. The highest BCUT2D eigenvalue weighted by molar-refractivity contribution is 5.86. The summed E-state index contributed by atoms with van der Waals surface area (Å²) in [4.78, 5) is 18.2. The number of nitrogens with one attached hydrogen (secondary N) is 2. The van der Waals surface area contributed by atoms with Gasteiger partial charge in [0.2, 0.25) is 5.95 Å². The fourth-order valence-electron chi connectivity index (χ4n) is 3.62. The van der Waals surface area contributed by atoms with Crippen LogP contribution in [0, 0.1) is 13.8 Å². The molecule has 0 saturated heterocycles. The van der Waals surface area contributed by atoms with Gasteiger partial charge in [-0.05, 0) is 43.9 Å². The number of nitrogens with zero attached hydrogens (tertiary/aromatic N) is 4. The number of aromatic nitrogens is 4. The molecule has 6 heteroatoms. The van der Waals surface area contributed by atoms with Gasteiger partial charge >= 0.3 is 0 Å². The number of rotatable bonds is 4. The van der Waals surface area contributed by atoms with E-state index >= 15 is 0 Å². The van der Waals surface area contributed by atoms with Gasteiger partial charge in [-0.25, -0.2) is 9.97 Å². The van der Waals surface area contributed by atoms with Gasteiger partial charge in [-0.1, -0.05) is 37.8 Å². The fraction of sp³-hybridized carbons (Fsp3) is 0.429. The average molecular weight is 362 g/mol. The maximum Gasteiger partial charge on any atom is 0.227 e. The van der Waals surface area contributed by atoms with Crippen molar-refractivity contribution >= 4 is 28.6 Å². The molecule has 2 N–H and O–H groups in total. The van der Waals surface area contributed by atoms with Crippen LogP contribution >= 0.6 is 0 Å². The summed E-state index contributed by atoms with van der Waals surface area (Å²) in [5, 5.41) is 6.99. The Hall–Kier alpha value is -2.76. The van der Waals surface area contributed by atoms with Crippen molar-refractivity contribution in [3.05, 3.63) is 41.7 Å². The van der Waals surface area contributed by atoms with Gasteiger partial charge in [0.25, 0.3) is 0 Å². The first-order valence-electron chi connectivity index (χ1n) is 9.78. The summed E-state index contributed by atoms with van der Waals surface area (Å²) in [5.74, 6) is 1.32. The predicted molar refractivity (Wildman–Crippen MR) is 109 cm³/mol. The molecule has 1 aliphatic rings. The monoisotopic (exact) mass is 362 g/mol. The minimum Gasteiger partial charge on any atom is -0.351 e. The van der Waals surface area contributed by atoms with E-state index in [4.69, 9.17) is 4.98 Å². The fourth-order valence-corrected chi connectivity index (χ4v) is 3.62. The van der Waals surface area contributed by atoms with Crippen LogP contribution in [-0.2, 0) is 0 Å². The number of anilines is 3. The van der Waals surface area contributed by atoms with Crippen LogP contribution in [0.4, 0.5) is 17.5 Å². The van der Waals surface area contributed by atoms with E-state index in [0.29, 0.717) is 29.0 Å². The molecule has 0 aliphatic heterocycles. The third-order valence-corrected chi connectivity index (χ3v) is 5.17. The van der Waals surface area contributed by atoms with Crippen molar-refractivity contribution in [3.63, 3.8) is 0 Å². The number of hydrogen-bond acceptors (Lipinski definition) is 6. The SMILES string of the molecule is Cc1ccc(C)c(Nc2nc(NC3CCCCCC3)nc3nccnc23)c1. The average Bonchev–Trinajstić information content (AvgIpc) is 2.93. The van der Waals surface area contributed by atoms with Gasteiger partial charge in [0.15, 0.2) is 17.0 Å². The molecule has 1 saturated carbocycles. The Bertz CT molecular complexity index is 931. The van der Waals surface area contributed by atoms with Gasteiger partial charge in [0.05, 0.1) is 0 Å². The Morgan fingerprint density at radius 3 is 2.52 bits per heavy atom. The summed E-state index contributed by atoms with van der Waals surface area (Å²) in [6.45, 7) is 4.17. The van der Waals surface area contributed by atoms with Crippen LogP contribution in [-0.4, -0.2) is 26.0 Å². The number of benzene rings is 1. The first-order valence-corrected chi connectivity index (χ1v) is 9.78. The largest absolute Gasteiger partial charge is 0.351 e. The lowest BCUT2D eigenvalue weighted by molar-refractivity contribution is 0.615. The van der Waals surface area contributed by atoms with E-state index in [9.17, 15) is 0 Å². The van der Waals surface area contributed by atoms with E-state index in [1.165, 1.54) is 44.1 Å². The van der Waals surface area contributed by atoms with Crippen molar-refractivity contribution in [1.82, 2.24) is 19.9 Å². The Morgan fingerprint density at radius 1 is 0.926 bits per heavy atom. The van der Waals surface area contributed by atoms with E-state index in [-0.39, 0.29) is 0 Å². The quantitative estimate of drug-likeness (QED) is 0.642. The van der Waals surface area contributed by atoms with Crippen molar-refractivity contribution in [2.45, 2.75) is 58.4 Å². The summed E-state index contributed by atoms with van der Waals surface area (Å²) < 4.78 is 0. The summed E-state index contributed by atoms with van der Waals surface area (Å²) in [6, 6.07) is 6.77. The van der Waals surface area contributed by atoms with Crippen LogP contribution < -0.4 is 10.6 Å². The highest BCUT2D eigenvalue weighted by Gasteiger charge is 2.16. The molecular formula is C21H26N6. The van der Waals surface area contributed by atoms with Gasteiger partial charge in [-0.2, -0.15) is 9.97 Å². The van der Waals surface area contributed by atoms with Gasteiger partial charge in [-0.15, -0.1) is 0 Å². The Labute approximate surface area is 159 Å². The summed E-state index contributed by atoms with van der Waals surface area (Å²) >= 11 is 0. The molecule has 1 aliphatic carbocycles. The second-order valence-electron chi connectivity index (χ2n) is 7.40. The smallest absolute Gasteiger partial charge is 0.227 e. The first kappa shape index (κ1) is 17.6. The first-order chi connectivity index (χ1) is 13.2. The summed E-state index contributed by atoms with van der Waals surface area (Å²) in [7, 11) is 0. The molecule has 0 spiro atoms.